The molecule has 1 aliphatic heterocycles. The van der Waals surface area contributed by atoms with Gasteiger partial charge in [-0.1, -0.05) is 29.8 Å². The monoisotopic (exact) mass is 359 g/mol. The summed E-state index contributed by atoms with van der Waals surface area (Å²) in [5.74, 6) is 0. The molecule has 1 aromatic carbocycles. The van der Waals surface area contributed by atoms with E-state index in [0.717, 1.165) is 43.5 Å². The fraction of sp³-hybridized carbons (Fsp3) is 0.450. The van der Waals surface area contributed by atoms with E-state index < -0.39 is 0 Å². The number of hydrogen-bond donors (Lipinski definition) is 1. The molecule has 1 aromatic heterocycles. The molecule has 25 heavy (non-hydrogen) atoms. The molecule has 0 aliphatic carbocycles. The third-order valence-corrected chi connectivity index (χ3v) is 4.77. The molecule has 5 heteroatoms. The second-order valence-corrected chi connectivity index (χ2v) is 7.53. The number of hydrogen-bond acceptors (Lipinski definition) is 4. The summed E-state index contributed by atoms with van der Waals surface area (Å²) in [6, 6.07) is 14.5. The van der Waals surface area contributed by atoms with E-state index in [1.54, 1.807) is 0 Å². The Kier molecular flexibility index (Phi) is 6.07. The van der Waals surface area contributed by atoms with E-state index in [-0.39, 0.29) is 11.6 Å². The standard InChI is InChI=1S/C20H26ClN3O/c1-20(2)15-24(11-12-25-20)19(16-6-8-17(21)9-7-16)14-22-13-18-5-3-4-10-23-18/h3-10,19,22H,11-15H2,1-2H3. The Morgan fingerprint density at radius 3 is 2.72 bits per heavy atom. The molecule has 0 bridgehead atoms. The van der Waals surface area contributed by atoms with Gasteiger partial charge < -0.3 is 10.1 Å². The highest BCUT2D eigenvalue weighted by Crippen LogP contribution is 2.27. The first kappa shape index (κ1) is 18.3. The zero-order chi connectivity index (χ0) is 17.7. The fourth-order valence-electron chi connectivity index (χ4n) is 3.30. The van der Waals surface area contributed by atoms with Crippen LogP contribution in [0.15, 0.2) is 48.7 Å². The van der Waals surface area contributed by atoms with Crippen LogP contribution in [0.25, 0.3) is 0 Å². The van der Waals surface area contributed by atoms with E-state index in [2.05, 4.69) is 41.2 Å². The molecule has 1 fully saturated rings. The van der Waals surface area contributed by atoms with Gasteiger partial charge in [-0.15, -0.1) is 0 Å². The van der Waals surface area contributed by atoms with Gasteiger partial charge in [0.15, 0.2) is 0 Å². The summed E-state index contributed by atoms with van der Waals surface area (Å²) in [6.07, 6.45) is 1.83. The van der Waals surface area contributed by atoms with Crippen LogP contribution in [0.3, 0.4) is 0 Å². The molecule has 1 atom stereocenters. The van der Waals surface area contributed by atoms with Crippen LogP contribution >= 0.6 is 11.6 Å². The normalized spacial score (nSPS) is 18.8. The predicted molar refractivity (Wildman–Crippen MR) is 102 cm³/mol. The molecule has 1 unspecified atom stereocenters. The highest BCUT2D eigenvalue weighted by Gasteiger charge is 2.31. The van der Waals surface area contributed by atoms with Gasteiger partial charge >= 0.3 is 0 Å². The summed E-state index contributed by atoms with van der Waals surface area (Å²) in [5, 5.41) is 4.33. The summed E-state index contributed by atoms with van der Waals surface area (Å²) in [4.78, 5) is 6.88. The lowest BCUT2D eigenvalue weighted by atomic mass is 10.0. The van der Waals surface area contributed by atoms with Crippen LogP contribution in [-0.2, 0) is 11.3 Å². The van der Waals surface area contributed by atoms with Gasteiger partial charge in [0, 0.05) is 43.4 Å². The Bertz CT molecular complexity index is 660. The third kappa shape index (κ3) is 5.25. The Balaban J connectivity index is 1.71. The van der Waals surface area contributed by atoms with Crippen molar-refractivity contribution >= 4 is 11.6 Å². The van der Waals surface area contributed by atoms with E-state index in [0.29, 0.717) is 0 Å². The second kappa shape index (κ2) is 8.28. The first-order valence-corrected chi connectivity index (χ1v) is 9.15. The van der Waals surface area contributed by atoms with Gasteiger partial charge in [-0.2, -0.15) is 0 Å². The number of nitrogens with one attached hydrogen (secondary N) is 1. The Morgan fingerprint density at radius 1 is 1.24 bits per heavy atom. The number of rotatable bonds is 6. The van der Waals surface area contributed by atoms with E-state index in [1.807, 2.05) is 36.5 Å². The van der Waals surface area contributed by atoms with Gasteiger partial charge in [-0.3, -0.25) is 9.88 Å². The zero-order valence-corrected chi connectivity index (χ0v) is 15.7. The van der Waals surface area contributed by atoms with Crippen LogP contribution in [-0.4, -0.2) is 41.7 Å². The molecule has 134 valence electrons. The summed E-state index contributed by atoms with van der Waals surface area (Å²) in [6.45, 7) is 8.52. The molecular formula is C20H26ClN3O. The molecule has 0 saturated carbocycles. The first-order valence-electron chi connectivity index (χ1n) is 8.78. The average Bonchev–Trinajstić information content (AvgIpc) is 2.60. The molecule has 1 aliphatic rings. The molecule has 2 aromatic rings. The fourth-order valence-corrected chi connectivity index (χ4v) is 3.43. The molecule has 3 rings (SSSR count). The number of ether oxygens (including phenoxy) is 1. The van der Waals surface area contributed by atoms with Gasteiger partial charge in [0.2, 0.25) is 0 Å². The quantitative estimate of drug-likeness (QED) is 0.853. The highest BCUT2D eigenvalue weighted by molar-refractivity contribution is 6.30. The maximum atomic E-state index is 6.07. The molecule has 4 nitrogen and oxygen atoms in total. The SMILES string of the molecule is CC1(C)CN(C(CNCc2ccccn2)c2ccc(Cl)cc2)CCO1. The number of morpholine rings is 1. The average molecular weight is 360 g/mol. The van der Waals surface area contributed by atoms with Crippen LogP contribution in [0.2, 0.25) is 5.02 Å². The smallest absolute Gasteiger partial charge is 0.0753 e. The highest BCUT2D eigenvalue weighted by atomic mass is 35.5. The predicted octanol–water partition coefficient (Wildman–Crippen LogP) is 3.68. The molecule has 1 N–H and O–H groups in total. The summed E-state index contributed by atoms with van der Waals surface area (Å²) in [7, 11) is 0. The lowest BCUT2D eigenvalue weighted by molar-refractivity contribution is -0.0974. The zero-order valence-electron chi connectivity index (χ0n) is 14.9. The van der Waals surface area contributed by atoms with Crippen LogP contribution in [0.5, 0.6) is 0 Å². The maximum Gasteiger partial charge on any atom is 0.0753 e. The minimum absolute atomic E-state index is 0.121. The maximum absolute atomic E-state index is 6.07. The van der Waals surface area contributed by atoms with Crippen LogP contribution in [0, 0.1) is 0 Å². The topological polar surface area (TPSA) is 37.4 Å². The van der Waals surface area contributed by atoms with Crippen molar-refractivity contribution in [2.24, 2.45) is 0 Å². The van der Waals surface area contributed by atoms with Crippen LogP contribution < -0.4 is 5.32 Å². The van der Waals surface area contributed by atoms with Gasteiger partial charge in [-0.05, 0) is 43.7 Å². The molecule has 0 amide bonds. The number of pyridine rings is 1. The van der Waals surface area contributed by atoms with E-state index >= 15 is 0 Å². The second-order valence-electron chi connectivity index (χ2n) is 7.10. The van der Waals surface area contributed by atoms with Gasteiger partial charge in [-0.25, -0.2) is 0 Å². The minimum atomic E-state index is -0.121. The minimum Gasteiger partial charge on any atom is -0.373 e. The Hall–Kier alpha value is -1.46. The van der Waals surface area contributed by atoms with Gasteiger partial charge in [0.1, 0.15) is 0 Å². The lowest BCUT2D eigenvalue weighted by Gasteiger charge is -2.42. The first-order chi connectivity index (χ1) is 12.0. The molecule has 0 spiro atoms. The number of aromatic nitrogens is 1. The van der Waals surface area contributed by atoms with Crippen molar-refractivity contribution in [3.8, 4) is 0 Å². The van der Waals surface area contributed by atoms with Crippen molar-refractivity contribution in [3.63, 3.8) is 0 Å². The summed E-state index contributed by atoms with van der Waals surface area (Å²) >= 11 is 6.07. The Labute approximate surface area is 155 Å². The van der Waals surface area contributed by atoms with E-state index in [9.17, 15) is 0 Å². The largest absolute Gasteiger partial charge is 0.373 e. The van der Waals surface area contributed by atoms with Crippen molar-refractivity contribution in [1.82, 2.24) is 15.2 Å². The third-order valence-electron chi connectivity index (χ3n) is 4.52. The lowest BCUT2D eigenvalue weighted by Crippen LogP contribution is -2.51. The molecular weight excluding hydrogens is 334 g/mol. The van der Waals surface area contributed by atoms with Crippen molar-refractivity contribution in [2.75, 3.05) is 26.2 Å². The summed E-state index contributed by atoms with van der Waals surface area (Å²) < 4.78 is 5.88. The Morgan fingerprint density at radius 2 is 2.04 bits per heavy atom. The molecule has 1 saturated heterocycles. The molecule has 0 radical (unpaired) electrons. The van der Waals surface area contributed by atoms with E-state index in [1.165, 1.54) is 5.56 Å². The van der Waals surface area contributed by atoms with Crippen molar-refractivity contribution in [1.29, 1.82) is 0 Å². The van der Waals surface area contributed by atoms with Crippen LogP contribution in [0.4, 0.5) is 0 Å². The summed E-state index contributed by atoms with van der Waals surface area (Å²) in [5.41, 5.74) is 2.21. The van der Waals surface area contributed by atoms with Gasteiger partial charge in [0.05, 0.1) is 17.9 Å². The molecule has 2 heterocycles. The van der Waals surface area contributed by atoms with Crippen molar-refractivity contribution in [3.05, 3.63) is 64.9 Å². The number of nitrogens with zero attached hydrogens (tertiary/aromatic N) is 2. The van der Waals surface area contributed by atoms with Crippen molar-refractivity contribution < 1.29 is 4.74 Å². The number of benzene rings is 1. The van der Waals surface area contributed by atoms with E-state index in [4.69, 9.17) is 16.3 Å². The van der Waals surface area contributed by atoms with Crippen molar-refractivity contribution in [2.45, 2.75) is 32.0 Å². The van der Waals surface area contributed by atoms with Crippen LogP contribution in [0.1, 0.15) is 31.1 Å². The van der Waals surface area contributed by atoms with Gasteiger partial charge in [0.25, 0.3) is 0 Å². The number of halogens is 1.